The zero-order valence-electron chi connectivity index (χ0n) is 17.6. The van der Waals surface area contributed by atoms with Gasteiger partial charge in [-0.2, -0.15) is 5.10 Å². The molecule has 0 aliphatic carbocycles. The third kappa shape index (κ3) is 3.80. The first-order chi connectivity index (χ1) is 15.5. The number of pyridine rings is 1. The quantitative estimate of drug-likeness (QED) is 0.541. The minimum Gasteiger partial charge on any atom is -0.336 e. The average Bonchev–Trinajstić information content (AvgIpc) is 3.29. The summed E-state index contributed by atoms with van der Waals surface area (Å²) < 4.78 is 15.2. The number of nitrogens with zero attached hydrogens (tertiary/aromatic N) is 4. The summed E-state index contributed by atoms with van der Waals surface area (Å²) >= 11 is 0. The Kier molecular flexibility index (Phi) is 5.07. The predicted octanol–water partition coefficient (Wildman–Crippen LogP) is 2.91. The van der Waals surface area contributed by atoms with Crippen molar-refractivity contribution in [1.82, 2.24) is 24.6 Å². The van der Waals surface area contributed by atoms with Gasteiger partial charge in [-0.3, -0.25) is 9.59 Å². The van der Waals surface area contributed by atoms with Gasteiger partial charge < -0.3 is 14.8 Å². The van der Waals surface area contributed by atoms with Crippen LogP contribution in [0.25, 0.3) is 27.7 Å². The molecular formula is C24H22FN5O2. The average molecular weight is 431 g/mol. The fourth-order valence-electron chi connectivity index (χ4n) is 3.94. The topological polar surface area (TPSA) is 74.2 Å². The first-order valence-electron chi connectivity index (χ1n) is 10.4. The Morgan fingerprint density at radius 3 is 2.53 bits per heavy atom. The van der Waals surface area contributed by atoms with Crippen LogP contribution in [-0.4, -0.2) is 63.7 Å². The van der Waals surface area contributed by atoms with Gasteiger partial charge >= 0.3 is 0 Å². The van der Waals surface area contributed by atoms with E-state index in [9.17, 15) is 14.0 Å². The molecule has 0 saturated carbocycles. The lowest BCUT2D eigenvalue weighted by atomic mass is 10.1. The highest BCUT2D eigenvalue weighted by Gasteiger charge is 2.20. The highest BCUT2D eigenvalue weighted by molar-refractivity contribution is 5.94. The molecule has 1 amide bonds. The SMILES string of the molecule is CN1CCN(C(=O)c2ccc(-n3cc(-c4cc5cc(F)ccc5[nH]c4=O)cn3)cc2)CC1. The molecule has 8 heteroatoms. The van der Waals surface area contributed by atoms with Crippen molar-refractivity contribution < 1.29 is 9.18 Å². The number of piperazine rings is 1. The monoisotopic (exact) mass is 431 g/mol. The van der Waals surface area contributed by atoms with Gasteiger partial charge in [0.15, 0.2) is 0 Å². The summed E-state index contributed by atoms with van der Waals surface area (Å²) in [5, 5.41) is 4.97. The van der Waals surface area contributed by atoms with E-state index < -0.39 is 0 Å². The molecule has 2 aromatic heterocycles. The molecule has 1 aliphatic heterocycles. The van der Waals surface area contributed by atoms with Crippen molar-refractivity contribution in [3.63, 3.8) is 0 Å². The Labute approximate surface area is 183 Å². The number of H-pyrrole nitrogens is 1. The molecular weight excluding hydrogens is 409 g/mol. The summed E-state index contributed by atoms with van der Waals surface area (Å²) in [6.07, 6.45) is 3.34. The molecule has 2 aromatic carbocycles. The number of benzene rings is 2. The predicted molar refractivity (Wildman–Crippen MR) is 120 cm³/mol. The molecule has 1 saturated heterocycles. The minimum absolute atomic E-state index is 0.0285. The van der Waals surface area contributed by atoms with Gasteiger partial charge in [-0.1, -0.05) is 0 Å². The van der Waals surface area contributed by atoms with Crippen LogP contribution in [0.1, 0.15) is 10.4 Å². The van der Waals surface area contributed by atoms with Crippen molar-refractivity contribution in [3.8, 4) is 16.8 Å². The number of hydrogen-bond acceptors (Lipinski definition) is 4. The Balaban J connectivity index is 1.39. The van der Waals surface area contributed by atoms with E-state index in [0.717, 1.165) is 31.9 Å². The Morgan fingerprint density at radius 1 is 1.03 bits per heavy atom. The molecule has 1 fully saturated rings. The Bertz CT molecular complexity index is 1350. The van der Waals surface area contributed by atoms with E-state index >= 15 is 0 Å². The zero-order valence-corrected chi connectivity index (χ0v) is 17.6. The van der Waals surface area contributed by atoms with Crippen LogP contribution in [0.4, 0.5) is 4.39 Å². The van der Waals surface area contributed by atoms with Gasteiger partial charge in [-0.25, -0.2) is 9.07 Å². The summed E-state index contributed by atoms with van der Waals surface area (Å²) in [5.74, 6) is -0.335. The third-order valence-electron chi connectivity index (χ3n) is 5.87. The molecule has 0 bridgehead atoms. The van der Waals surface area contributed by atoms with Crippen LogP contribution in [0.5, 0.6) is 0 Å². The van der Waals surface area contributed by atoms with E-state index in [4.69, 9.17) is 0 Å². The number of amides is 1. The van der Waals surface area contributed by atoms with Gasteiger partial charge in [-0.15, -0.1) is 0 Å². The highest BCUT2D eigenvalue weighted by Crippen LogP contribution is 2.21. The number of rotatable bonds is 3. The summed E-state index contributed by atoms with van der Waals surface area (Å²) in [6, 6.07) is 13.2. The minimum atomic E-state index is -0.364. The van der Waals surface area contributed by atoms with E-state index in [0.29, 0.717) is 27.6 Å². The molecule has 4 aromatic rings. The second-order valence-electron chi connectivity index (χ2n) is 8.06. The summed E-state index contributed by atoms with van der Waals surface area (Å²) in [7, 11) is 2.05. The van der Waals surface area contributed by atoms with Crippen LogP contribution in [0.3, 0.4) is 0 Å². The molecule has 1 N–H and O–H groups in total. The largest absolute Gasteiger partial charge is 0.336 e. The molecule has 0 unspecified atom stereocenters. The molecule has 162 valence electrons. The molecule has 0 radical (unpaired) electrons. The number of hydrogen-bond donors (Lipinski definition) is 1. The second-order valence-corrected chi connectivity index (χ2v) is 8.06. The number of aromatic amines is 1. The van der Waals surface area contributed by atoms with Crippen LogP contribution in [0, 0.1) is 5.82 Å². The third-order valence-corrected chi connectivity index (χ3v) is 5.87. The van der Waals surface area contributed by atoms with Crippen LogP contribution < -0.4 is 5.56 Å². The van der Waals surface area contributed by atoms with E-state index in [1.54, 1.807) is 41.3 Å². The Hall–Kier alpha value is -3.78. The first kappa shape index (κ1) is 20.1. The van der Waals surface area contributed by atoms with Crippen molar-refractivity contribution in [3.05, 3.63) is 82.7 Å². The normalized spacial score (nSPS) is 14.8. The van der Waals surface area contributed by atoms with E-state index in [1.165, 1.54) is 12.1 Å². The van der Waals surface area contributed by atoms with Gasteiger partial charge in [-0.05, 0) is 55.6 Å². The van der Waals surface area contributed by atoms with Crippen molar-refractivity contribution in [1.29, 1.82) is 0 Å². The van der Waals surface area contributed by atoms with Crippen LogP contribution in [0.15, 0.2) is 65.7 Å². The molecule has 7 nitrogen and oxygen atoms in total. The van der Waals surface area contributed by atoms with Crippen LogP contribution in [-0.2, 0) is 0 Å². The fraction of sp³-hybridized carbons (Fsp3) is 0.208. The van der Waals surface area contributed by atoms with Crippen molar-refractivity contribution in [2.24, 2.45) is 0 Å². The standard InChI is InChI=1S/C24H22FN5O2/c1-28-8-10-29(11-9-28)24(32)16-2-5-20(6-3-16)30-15-18(14-26-30)21-13-17-12-19(25)4-7-22(17)27-23(21)31/h2-7,12-15H,8-11H2,1H3,(H,27,31). The number of likely N-dealkylation sites (N-methyl/N-ethyl adjacent to an activating group) is 1. The number of carbonyl (C=O) groups excluding carboxylic acids is 1. The number of nitrogens with one attached hydrogen (secondary N) is 1. The van der Waals surface area contributed by atoms with Crippen molar-refractivity contribution in [2.45, 2.75) is 0 Å². The maximum atomic E-state index is 13.6. The van der Waals surface area contributed by atoms with Crippen LogP contribution in [0.2, 0.25) is 0 Å². The summed E-state index contributed by atoms with van der Waals surface area (Å²) in [4.78, 5) is 32.1. The number of carbonyl (C=O) groups is 1. The van der Waals surface area contributed by atoms with Gasteiger partial charge in [0.05, 0.1) is 17.4 Å². The van der Waals surface area contributed by atoms with Crippen LogP contribution >= 0.6 is 0 Å². The number of halogens is 1. The molecule has 0 spiro atoms. The lowest BCUT2D eigenvalue weighted by Gasteiger charge is -2.32. The molecule has 3 heterocycles. The van der Waals surface area contributed by atoms with E-state index in [-0.39, 0.29) is 17.3 Å². The summed E-state index contributed by atoms with van der Waals surface area (Å²) in [5.41, 5.74) is 2.75. The highest BCUT2D eigenvalue weighted by atomic mass is 19.1. The maximum Gasteiger partial charge on any atom is 0.256 e. The lowest BCUT2D eigenvalue weighted by Crippen LogP contribution is -2.47. The molecule has 1 aliphatic rings. The molecule has 32 heavy (non-hydrogen) atoms. The number of aromatic nitrogens is 3. The van der Waals surface area contributed by atoms with Gasteiger partial charge in [0.1, 0.15) is 5.82 Å². The first-order valence-corrected chi connectivity index (χ1v) is 10.4. The van der Waals surface area contributed by atoms with Crippen molar-refractivity contribution >= 4 is 16.8 Å². The lowest BCUT2D eigenvalue weighted by molar-refractivity contribution is 0.0664. The van der Waals surface area contributed by atoms with Crippen molar-refractivity contribution in [2.75, 3.05) is 33.2 Å². The summed E-state index contributed by atoms with van der Waals surface area (Å²) in [6.45, 7) is 3.20. The fourth-order valence-corrected chi connectivity index (χ4v) is 3.94. The second kappa shape index (κ2) is 8.05. The Morgan fingerprint density at radius 2 is 1.78 bits per heavy atom. The van der Waals surface area contributed by atoms with E-state index in [2.05, 4.69) is 22.0 Å². The molecule has 0 atom stereocenters. The molecule has 5 rings (SSSR count). The van der Waals surface area contributed by atoms with E-state index in [1.807, 2.05) is 17.0 Å². The smallest absolute Gasteiger partial charge is 0.256 e. The maximum absolute atomic E-state index is 13.6. The van der Waals surface area contributed by atoms with Gasteiger partial charge in [0, 0.05) is 54.4 Å². The van der Waals surface area contributed by atoms with Gasteiger partial charge in [0.25, 0.3) is 11.5 Å². The van der Waals surface area contributed by atoms with Gasteiger partial charge in [0.2, 0.25) is 0 Å². The number of fused-ring (bicyclic) bond motifs is 1. The zero-order chi connectivity index (χ0) is 22.2.